The second-order valence-corrected chi connectivity index (χ2v) is 6.13. The Balaban J connectivity index is 1.95. The van der Waals surface area contributed by atoms with Crippen LogP contribution >= 0.6 is 15.9 Å². The molecule has 0 spiro atoms. The van der Waals surface area contributed by atoms with E-state index in [-0.39, 0.29) is 12.2 Å². The number of carbonyl (C=O) groups is 1. The molecule has 0 unspecified atom stereocenters. The van der Waals surface area contributed by atoms with E-state index in [9.17, 15) is 10.1 Å². The Kier molecular flexibility index (Phi) is 6.59. The number of carbonyl (C=O) groups excluding carboxylic acids is 1. The van der Waals surface area contributed by atoms with E-state index in [1.807, 2.05) is 23.1 Å². The van der Waals surface area contributed by atoms with Gasteiger partial charge in [0.1, 0.15) is 11.6 Å². The minimum Gasteiger partial charge on any atom is -0.395 e. The number of aliphatic hydroxyl groups excluding tert-OH is 1. The Hall–Kier alpha value is -1.88. The van der Waals surface area contributed by atoms with Crippen LogP contribution in [0.5, 0.6) is 0 Å². The predicted molar refractivity (Wildman–Crippen MR) is 91.6 cm³/mol. The summed E-state index contributed by atoms with van der Waals surface area (Å²) in [6, 6.07) is 9.15. The van der Waals surface area contributed by atoms with Gasteiger partial charge in [0.05, 0.1) is 6.61 Å². The van der Waals surface area contributed by atoms with Gasteiger partial charge >= 0.3 is 0 Å². The molecule has 0 bridgehead atoms. The van der Waals surface area contributed by atoms with Gasteiger partial charge < -0.3 is 15.3 Å². The Bertz CT molecular complexity index is 602. The molecule has 1 aliphatic rings. The molecule has 1 amide bonds. The number of nitrogens with one attached hydrogen (secondary N) is 1. The summed E-state index contributed by atoms with van der Waals surface area (Å²) in [5, 5.41) is 20.9. The highest BCUT2D eigenvalue weighted by Crippen LogP contribution is 2.15. The molecule has 2 N–H and O–H groups in total. The van der Waals surface area contributed by atoms with Crippen LogP contribution in [-0.4, -0.2) is 60.1 Å². The fourth-order valence-electron chi connectivity index (χ4n) is 2.31. The Morgan fingerprint density at radius 2 is 1.96 bits per heavy atom. The summed E-state index contributed by atoms with van der Waals surface area (Å²) in [6.45, 7) is 3.89. The number of rotatable bonds is 5. The summed E-state index contributed by atoms with van der Waals surface area (Å²) in [4.78, 5) is 16.3. The van der Waals surface area contributed by atoms with Gasteiger partial charge in [-0.1, -0.05) is 15.9 Å². The van der Waals surface area contributed by atoms with Crippen molar-refractivity contribution in [1.29, 1.82) is 5.26 Å². The van der Waals surface area contributed by atoms with E-state index < -0.39 is 5.91 Å². The maximum absolute atomic E-state index is 12.2. The zero-order chi connectivity index (χ0) is 16.7. The van der Waals surface area contributed by atoms with E-state index in [0.717, 1.165) is 30.7 Å². The normalized spacial score (nSPS) is 16.0. The predicted octanol–water partition coefficient (Wildman–Crippen LogP) is 1.40. The van der Waals surface area contributed by atoms with Crippen LogP contribution in [0.15, 0.2) is 40.5 Å². The topological polar surface area (TPSA) is 79.6 Å². The van der Waals surface area contributed by atoms with Crippen LogP contribution in [0.3, 0.4) is 0 Å². The van der Waals surface area contributed by atoms with Crippen molar-refractivity contribution in [2.45, 2.75) is 0 Å². The molecule has 0 atom stereocenters. The van der Waals surface area contributed by atoms with Crippen molar-refractivity contribution in [1.82, 2.24) is 9.80 Å². The standard InChI is InChI=1S/C16H19BrN4O2/c17-14-1-3-15(4-2-14)19-16(23)13(11-18)12-21-7-5-20(6-8-21)9-10-22/h1-4,12,22H,5-10H2,(H,19,23)/b13-12-. The number of anilines is 1. The van der Waals surface area contributed by atoms with Gasteiger partial charge in [0.15, 0.2) is 0 Å². The lowest BCUT2D eigenvalue weighted by atomic mass is 10.2. The summed E-state index contributed by atoms with van der Waals surface area (Å²) < 4.78 is 0.923. The van der Waals surface area contributed by atoms with Gasteiger partial charge in [-0.3, -0.25) is 9.69 Å². The number of aliphatic hydroxyl groups is 1. The average molecular weight is 379 g/mol. The summed E-state index contributed by atoms with van der Waals surface area (Å²) in [5.41, 5.74) is 0.732. The third kappa shape index (κ3) is 5.36. The first kappa shape index (κ1) is 17.5. The van der Waals surface area contributed by atoms with E-state index in [2.05, 4.69) is 26.1 Å². The molecule has 1 fully saturated rings. The lowest BCUT2D eigenvalue weighted by Crippen LogP contribution is -2.45. The Labute approximate surface area is 144 Å². The summed E-state index contributed by atoms with van der Waals surface area (Å²) in [6.07, 6.45) is 1.62. The van der Waals surface area contributed by atoms with E-state index in [1.165, 1.54) is 0 Å². The first-order valence-electron chi connectivity index (χ1n) is 7.38. The highest BCUT2D eigenvalue weighted by Gasteiger charge is 2.17. The number of nitrogens with zero attached hydrogens (tertiary/aromatic N) is 3. The number of amides is 1. The quantitative estimate of drug-likeness (QED) is 0.597. The minimum absolute atomic E-state index is 0.0866. The van der Waals surface area contributed by atoms with Crippen molar-refractivity contribution in [2.75, 3.05) is 44.6 Å². The number of piperazine rings is 1. The number of hydrogen-bond donors (Lipinski definition) is 2. The first-order valence-corrected chi connectivity index (χ1v) is 8.18. The fraction of sp³-hybridized carbons (Fsp3) is 0.375. The zero-order valence-corrected chi connectivity index (χ0v) is 14.3. The van der Waals surface area contributed by atoms with Crippen LogP contribution in [0, 0.1) is 11.3 Å². The van der Waals surface area contributed by atoms with E-state index in [0.29, 0.717) is 12.2 Å². The fourth-order valence-corrected chi connectivity index (χ4v) is 2.57. The van der Waals surface area contributed by atoms with Crippen LogP contribution in [0.25, 0.3) is 0 Å². The van der Waals surface area contributed by atoms with Crippen LogP contribution in [-0.2, 0) is 4.79 Å². The number of β-amino-alcohol motifs (C(OH)–C–C–N with tert-alkyl or cyclic N) is 1. The van der Waals surface area contributed by atoms with Crippen LogP contribution in [0.2, 0.25) is 0 Å². The van der Waals surface area contributed by atoms with Gasteiger partial charge in [-0.25, -0.2) is 0 Å². The molecular formula is C16H19BrN4O2. The molecule has 0 saturated carbocycles. The van der Waals surface area contributed by atoms with Gasteiger partial charge in [0, 0.05) is 49.1 Å². The summed E-state index contributed by atoms with van der Waals surface area (Å²) in [5.74, 6) is -0.410. The molecule has 0 radical (unpaired) electrons. The smallest absolute Gasteiger partial charge is 0.267 e. The molecule has 1 saturated heterocycles. The molecule has 2 rings (SSSR count). The maximum Gasteiger partial charge on any atom is 0.267 e. The lowest BCUT2D eigenvalue weighted by molar-refractivity contribution is -0.112. The highest BCUT2D eigenvalue weighted by molar-refractivity contribution is 9.10. The van der Waals surface area contributed by atoms with Crippen molar-refractivity contribution >= 4 is 27.5 Å². The van der Waals surface area contributed by atoms with Crippen molar-refractivity contribution in [3.05, 3.63) is 40.5 Å². The maximum atomic E-state index is 12.2. The molecule has 1 aromatic rings. The van der Waals surface area contributed by atoms with E-state index in [1.54, 1.807) is 18.3 Å². The molecular weight excluding hydrogens is 360 g/mol. The third-order valence-electron chi connectivity index (χ3n) is 3.60. The Morgan fingerprint density at radius 1 is 1.30 bits per heavy atom. The average Bonchev–Trinajstić information content (AvgIpc) is 2.56. The molecule has 7 heteroatoms. The largest absolute Gasteiger partial charge is 0.395 e. The van der Waals surface area contributed by atoms with Crippen molar-refractivity contribution in [3.8, 4) is 6.07 Å². The molecule has 23 heavy (non-hydrogen) atoms. The monoisotopic (exact) mass is 378 g/mol. The van der Waals surface area contributed by atoms with Crippen molar-refractivity contribution in [2.24, 2.45) is 0 Å². The minimum atomic E-state index is -0.410. The summed E-state index contributed by atoms with van der Waals surface area (Å²) >= 11 is 3.33. The number of nitriles is 1. The second kappa shape index (κ2) is 8.67. The molecule has 1 aromatic carbocycles. The second-order valence-electron chi connectivity index (χ2n) is 5.22. The molecule has 1 aliphatic heterocycles. The molecule has 6 nitrogen and oxygen atoms in total. The molecule has 1 heterocycles. The van der Waals surface area contributed by atoms with Gasteiger partial charge in [0.25, 0.3) is 5.91 Å². The van der Waals surface area contributed by atoms with Gasteiger partial charge in [-0.15, -0.1) is 0 Å². The number of benzene rings is 1. The van der Waals surface area contributed by atoms with Gasteiger partial charge in [0.2, 0.25) is 0 Å². The third-order valence-corrected chi connectivity index (χ3v) is 4.13. The SMILES string of the molecule is N#C/C(=C/N1CCN(CCO)CC1)C(=O)Nc1ccc(Br)cc1. The molecule has 0 aliphatic carbocycles. The van der Waals surface area contributed by atoms with Gasteiger partial charge in [-0.2, -0.15) is 5.26 Å². The van der Waals surface area contributed by atoms with Crippen LogP contribution in [0.4, 0.5) is 5.69 Å². The van der Waals surface area contributed by atoms with E-state index >= 15 is 0 Å². The molecule has 0 aromatic heterocycles. The number of hydrogen-bond acceptors (Lipinski definition) is 5. The van der Waals surface area contributed by atoms with Crippen molar-refractivity contribution < 1.29 is 9.90 Å². The van der Waals surface area contributed by atoms with Crippen LogP contribution < -0.4 is 5.32 Å². The molecule has 122 valence electrons. The highest BCUT2D eigenvalue weighted by atomic mass is 79.9. The zero-order valence-electron chi connectivity index (χ0n) is 12.7. The number of halogens is 1. The lowest BCUT2D eigenvalue weighted by Gasteiger charge is -2.33. The van der Waals surface area contributed by atoms with E-state index in [4.69, 9.17) is 5.11 Å². The van der Waals surface area contributed by atoms with Gasteiger partial charge in [-0.05, 0) is 24.3 Å². The van der Waals surface area contributed by atoms with Crippen LogP contribution in [0.1, 0.15) is 0 Å². The Morgan fingerprint density at radius 3 is 2.52 bits per heavy atom. The van der Waals surface area contributed by atoms with Crippen molar-refractivity contribution in [3.63, 3.8) is 0 Å². The summed E-state index contributed by atoms with van der Waals surface area (Å²) in [7, 11) is 0. The first-order chi connectivity index (χ1) is 11.1.